The summed E-state index contributed by atoms with van der Waals surface area (Å²) in [5.41, 5.74) is 0.00815. The molecule has 26 heavy (non-hydrogen) atoms. The number of amides is 2. The molecular formula is C16H17N3O6S. The highest BCUT2D eigenvalue weighted by molar-refractivity contribution is 7.90. The zero-order chi connectivity index (χ0) is 19.2. The van der Waals surface area contributed by atoms with Gasteiger partial charge in [0.2, 0.25) is 0 Å². The van der Waals surface area contributed by atoms with Gasteiger partial charge in [-0.2, -0.15) is 0 Å². The van der Waals surface area contributed by atoms with Crippen molar-refractivity contribution in [3.05, 3.63) is 53.9 Å². The van der Waals surface area contributed by atoms with Crippen LogP contribution in [-0.4, -0.2) is 50.6 Å². The van der Waals surface area contributed by atoms with E-state index in [0.717, 1.165) is 6.20 Å². The van der Waals surface area contributed by atoms with Crippen LogP contribution in [0.4, 0.5) is 0 Å². The Morgan fingerprint density at radius 1 is 1.12 bits per heavy atom. The number of aliphatic hydroxyl groups excluding tert-OH is 1. The lowest BCUT2D eigenvalue weighted by Crippen LogP contribution is -2.31. The van der Waals surface area contributed by atoms with Gasteiger partial charge in [-0.3, -0.25) is 14.6 Å². The maximum atomic E-state index is 12.2. The monoisotopic (exact) mass is 379 g/mol. The Morgan fingerprint density at radius 3 is 2.35 bits per heavy atom. The van der Waals surface area contributed by atoms with Crippen LogP contribution >= 0.6 is 0 Å². The van der Waals surface area contributed by atoms with E-state index in [2.05, 4.69) is 10.3 Å². The van der Waals surface area contributed by atoms with Crippen LogP contribution in [0.15, 0.2) is 47.5 Å². The van der Waals surface area contributed by atoms with Crippen molar-refractivity contribution in [2.75, 3.05) is 20.3 Å². The third kappa shape index (κ3) is 4.77. The molecule has 0 aliphatic heterocycles. The second-order valence-corrected chi connectivity index (χ2v) is 6.70. The van der Waals surface area contributed by atoms with E-state index in [1.54, 1.807) is 0 Å². The van der Waals surface area contributed by atoms with E-state index in [1.165, 1.54) is 43.5 Å². The van der Waals surface area contributed by atoms with Crippen molar-refractivity contribution < 1.29 is 27.9 Å². The number of pyridine rings is 1. The van der Waals surface area contributed by atoms with Crippen LogP contribution in [-0.2, 0) is 10.0 Å². The fourth-order valence-electron chi connectivity index (χ4n) is 1.92. The third-order valence-corrected chi connectivity index (χ3v) is 4.60. The Balaban J connectivity index is 2.09. The molecule has 0 aliphatic rings. The zero-order valence-electron chi connectivity index (χ0n) is 13.8. The number of nitrogens with zero attached hydrogens (tertiary/aromatic N) is 1. The van der Waals surface area contributed by atoms with Crippen molar-refractivity contribution in [1.29, 1.82) is 0 Å². The molecule has 2 amide bonds. The molecule has 1 aromatic heterocycles. The quantitative estimate of drug-likeness (QED) is 0.613. The number of aliphatic hydroxyl groups is 1. The second-order valence-electron chi connectivity index (χ2n) is 5.02. The fourth-order valence-corrected chi connectivity index (χ4v) is 2.89. The Hall–Kier alpha value is -2.98. The van der Waals surface area contributed by atoms with Gasteiger partial charge < -0.3 is 15.2 Å². The van der Waals surface area contributed by atoms with Crippen LogP contribution in [0.3, 0.4) is 0 Å². The molecule has 0 saturated carbocycles. The highest BCUT2D eigenvalue weighted by Gasteiger charge is 2.19. The summed E-state index contributed by atoms with van der Waals surface area (Å²) in [6.45, 7) is -0.141. The number of rotatable bonds is 7. The minimum absolute atomic E-state index is 0.0270. The van der Waals surface area contributed by atoms with Gasteiger partial charge in [0.05, 0.1) is 24.2 Å². The summed E-state index contributed by atoms with van der Waals surface area (Å²) in [5, 5.41) is 11.1. The number of sulfonamides is 1. The lowest BCUT2D eigenvalue weighted by atomic mass is 10.2. The highest BCUT2D eigenvalue weighted by atomic mass is 32.2. The summed E-state index contributed by atoms with van der Waals surface area (Å²) in [6, 6.07) is 8.09. The molecule has 0 atom stereocenters. The minimum Gasteiger partial charge on any atom is -0.497 e. The van der Waals surface area contributed by atoms with Crippen LogP contribution in [0.1, 0.15) is 20.8 Å². The van der Waals surface area contributed by atoms with Crippen molar-refractivity contribution in [1.82, 2.24) is 15.0 Å². The van der Waals surface area contributed by atoms with Gasteiger partial charge in [-0.15, -0.1) is 0 Å². The molecular weight excluding hydrogens is 362 g/mol. The number of benzene rings is 1. The molecule has 9 nitrogen and oxygen atoms in total. The van der Waals surface area contributed by atoms with Gasteiger partial charge in [0.25, 0.3) is 21.8 Å². The number of ether oxygens (including phenoxy) is 1. The van der Waals surface area contributed by atoms with Gasteiger partial charge in [-0.25, -0.2) is 13.1 Å². The van der Waals surface area contributed by atoms with Crippen LogP contribution in [0.2, 0.25) is 0 Å². The number of carbonyl (C=O) groups excluding carboxylic acids is 2. The van der Waals surface area contributed by atoms with Crippen LogP contribution < -0.4 is 14.8 Å². The molecule has 0 saturated heterocycles. The van der Waals surface area contributed by atoms with Gasteiger partial charge >= 0.3 is 0 Å². The Morgan fingerprint density at radius 2 is 1.81 bits per heavy atom. The highest BCUT2D eigenvalue weighted by Crippen LogP contribution is 2.15. The molecule has 0 radical (unpaired) electrons. The predicted octanol–water partition coefficient (Wildman–Crippen LogP) is -0.0690. The van der Waals surface area contributed by atoms with Gasteiger partial charge in [0.15, 0.2) is 0 Å². The smallest absolute Gasteiger partial charge is 0.269 e. The number of carbonyl (C=O) groups is 2. The van der Waals surface area contributed by atoms with Gasteiger partial charge in [-0.1, -0.05) is 0 Å². The first kappa shape index (κ1) is 19.3. The van der Waals surface area contributed by atoms with Crippen LogP contribution in [0, 0.1) is 0 Å². The molecule has 3 N–H and O–H groups in total. The molecule has 138 valence electrons. The molecule has 0 aliphatic carbocycles. The summed E-state index contributed by atoms with van der Waals surface area (Å²) in [4.78, 5) is 27.5. The molecule has 0 unspecified atom stereocenters. The molecule has 1 heterocycles. The Bertz CT molecular complexity index is 879. The van der Waals surface area contributed by atoms with E-state index in [4.69, 9.17) is 9.84 Å². The maximum absolute atomic E-state index is 12.2. The minimum atomic E-state index is -4.06. The first-order chi connectivity index (χ1) is 12.4. The normalized spacial score (nSPS) is 10.8. The molecule has 2 aromatic rings. The summed E-state index contributed by atoms with van der Waals surface area (Å²) in [5.74, 6) is -0.915. The predicted molar refractivity (Wildman–Crippen MR) is 91.3 cm³/mol. The average Bonchev–Trinajstić information content (AvgIpc) is 2.65. The second kappa shape index (κ2) is 8.41. The summed E-state index contributed by atoms with van der Waals surface area (Å²) >= 11 is 0. The molecule has 0 fully saturated rings. The van der Waals surface area contributed by atoms with Crippen molar-refractivity contribution >= 4 is 21.8 Å². The van der Waals surface area contributed by atoms with Crippen LogP contribution in [0.5, 0.6) is 5.75 Å². The van der Waals surface area contributed by atoms with E-state index < -0.39 is 21.8 Å². The van der Waals surface area contributed by atoms with Crippen molar-refractivity contribution in [2.24, 2.45) is 0 Å². The van der Waals surface area contributed by atoms with E-state index in [-0.39, 0.29) is 29.3 Å². The molecule has 10 heteroatoms. The summed E-state index contributed by atoms with van der Waals surface area (Å²) in [7, 11) is -2.61. The van der Waals surface area contributed by atoms with Crippen molar-refractivity contribution in [2.45, 2.75) is 4.90 Å². The largest absolute Gasteiger partial charge is 0.497 e. The Labute approximate surface area is 150 Å². The van der Waals surface area contributed by atoms with Crippen molar-refractivity contribution in [3.8, 4) is 5.75 Å². The number of methoxy groups -OCH3 is 1. The topological polar surface area (TPSA) is 135 Å². The Kier molecular flexibility index (Phi) is 6.26. The number of hydrogen-bond acceptors (Lipinski definition) is 7. The van der Waals surface area contributed by atoms with E-state index in [9.17, 15) is 18.0 Å². The number of hydrogen-bond donors (Lipinski definition) is 3. The van der Waals surface area contributed by atoms with Gasteiger partial charge in [0.1, 0.15) is 11.4 Å². The lowest BCUT2D eigenvalue weighted by Gasteiger charge is -2.08. The molecule has 2 rings (SSSR count). The maximum Gasteiger partial charge on any atom is 0.269 e. The van der Waals surface area contributed by atoms with Crippen LogP contribution in [0.25, 0.3) is 0 Å². The fraction of sp³-hybridized carbons (Fsp3) is 0.188. The van der Waals surface area contributed by atoms with Gasteiger partial charge in [-0.05, 0) is 36.4 Å². The third-order valence-electron chi connectivity index (χ3n) is 3.25. The van der Waals surface area contributed by atoms with Crippen molar-refractivity contribution in [3.63, 3.8) is 0 Å². The molecule has 0 spiro atoms. The van der Waals surface area contributed by atoms with E-state index >= 15 is 0 Å². The van der Waals surface area contributed by atoms with E-state index in [1.807, 2.05) is 4.72 Å². The first-order valence-electron chi connectivity index (χ1n) is 7.43. The molecule has 1 aromatic carbocycles. The van der Waals surface area contributed by atoms with Gasteiger partial charge in [0, 0.05) is 12.7 Å². The first-order valence-corrected chi connectivity index (χ1v) is 8.92. The summed E-state index contributed by atoms with van der Waals surface area (Å²) < 4.78 is 31.3. The number of nitrogens with one attached hydrogen (secondary N) is 2. The number of aromatic nitrogens is 1. The van der Waals surface area contributed by atoms with E-state index in [0.29, 0.717) is 5.75 Å². The average molecular weight is 379 g/mol. The molecule has 0 bridgehead atoms. The SMILES string of the molecule is COc1ccc(S(=O)(=O)NC(=O)c2ccc(C(=O)NCCO)nc2)cc1. The lowest BCUT2D eigenvalue weighted by molar-refractivity contribution is 0.0936. The standard InChI is InChI=1S/C16H17N3O6S/c1-25-12-3-5-13(6-4-12)26(23,24)19-15(21)11-2-7-14(18-10-11)16(22)17-8-9-20/h2-7,10,20H,8-9H2,1H3,(H,17,22)(H,19,21). The zero-order valence-corrected chi connectivity index (χ0v) is 14.6. The summed E-state index contributed by atoms with van der Waals surface area (Å²) in [6.07, 6.45) is 1.09.